The highest BCUT2D eigenvalue weighted by atomic mass is 79.9. The average molecular weight is 403 g/mol. The number of nitrogens with zero attached hydrogens (tertiary/aromatic N) is 3. The second kappa shape index (κ2) is 6.19. The summed E-state index contributed by atoms with van der Waals surface area (Å²) < 4.78 is 40.2. The predicted octanol–water partition coefficient (Wildman–Crippen LogP) is 3.88. The zero-order valence-electron chi connectivity index (χ0n) is 12.7. The molecule has 0 aromatic carbocycles. The van der Waals surface area contributed by atoms with Crippen molar-refractivity contribution in [2.24, 2.45) is 0 Å². The summed E-state index contributed by atoms with van der Waals surface area (Å²) in [6, 6.07) is 3.46. The normalized spacial score (nSPS) is 14.7. The van der Waals surface area contributed by atoms with E-state index in [0.717, 1.165) is 23.1 Å². The van der Waals surface area contributed by atoms with Crippen molar-refractivity contribution in [2.75, 3.05) is 5.32 Å². The van der Waals surface area contributed by atoms with Gasteiger partial charge in [0.25, 0.3) is 0 Å². The maximum atomic E-state index is 13.0. The first-order chi connectivity index (χ1) is 11.3. The lowest BCUT2D eigenvalue weighted by Gasteiger charge is -2.08. The molecule has 0 aliphatic heterocycles. The number of halogens is 4. The van der Waals surface area contributed by atoms with Gasteiger partial charge >= 0.3 is 6.18 Å². The van der Waals surface area contributed by atoms with Gasteiger partial charge in [-0.15, -0.1) is 0 Å². The number of carbonyl (C=O) groups excluding carboxylic acids is 1. The summed E-state index contributed by atoms with van der Waals surface area (Å²) in [4.78, 5) is 16.2. The molecule has 1 N–H and O–H groups in total. The molecule has 0 radical (unpaired) electrons. The van der Waals surface area contributed by atoms with Crippen LogP contribution in [0.5, 0.6) is 0 Å². The summed E-state index contributed by atoms with van der Waals surface area (Å²) in [5.41, 5.74) is 0.348. The fourth-order valence-electron chi connectivity index (χ4n) is 2.42. The second-order valence-corrected chi connectivity index (χ2v) is 6.54. The van der Waals surface area contributed by atoms with Gasteiger partial charge in [0, 0.05) is 12.1 Å². The van der Waals surface area contributed by atoms with E-state index in [1.54, 1.807) is 18.3 Å². The fourth-order valence-corrected chi connectivity index (χ4v) is 3.26. The molecule has 0 bridgehead atoms. The Morgan fingerprint density at radius 1 is 1.46 bits per heavy atom. The molecule has 9 heteroatoms. The molecule has 0 saturated heterocycles. The van der Waals surface area contributed by atoms with Gasteiger partial charge < -0.3 is 5.32 Å². The Kier molecular flexibility index (Phi) is 4.37. The smallest absolute Gasteiger partial charge is 0.309 e. The fraction of sp³-hybridized carbons (Fsp3) is 0.400. The molecule has 1 aliphatic carbocycles. The Morgan fingerprint density at radius 2 is 2.17 bits per heavy atom. The van der Waals surface area contributed by atoms with Gasteiger partial charge in [0.15, 0.2) is 5.69 Å². The SMILES string of the molecule is Cc1ccnc(NC(=O)Cn2nc(C(F)(F)F)c(Br)c2C2CC2)c1. The number of amides is 1. The van der Waals surface area contributed by atoms with Crippen LogP contribution in [-0.4, -0.2) is 20.7 Å². The molecule has 1 fully saturated rings. The maximum Gasteiger partial charge on any atom is 0.436 e. The lowest BCUT2D eigenvalue weighted by Crippen LogP contribution is -2.21. The van der Waals surface area contributed by atoms with Crippen molar-refractivity contribution in [3.63, 3.8) is 0 Å². The number of pyridine rings is 1. The van der Waals surface area contributed by atoms with Crippen molar-refractivity contribution in [2.45, 2.75) is 38.4 Å². The van der Waals surface area contributed by atoms with Crippen molar-refractivity contribution >= 4 is 27.7 Å². The van der Waals surface area contributed by atoms with Crippen molar-refractivity contribution < 1.29 is 18.0 Å². The number of hydrogen-bond donors (Lipinski definition) is 1. The third-order valence-electron chi connectivity index (χ3n) is 3.64. The minimum Gasteiger partial charge on any atom is -0.309 e. The molecule has 128 valence electrons. The van der Waals surface area contributed by atoms with E-state index in [2.05, 4.69) is 31.3 Å². The van der Waals surface area contributed by atoms with E-state index in [1.165, 1.54) is 0 Å². The number of aromatic nitrogens is 3. The van der Waals surface area contributed by atoms with Crippen LogP contribution in [0.25, 0.3) is 0 Å². The van der Waals surface area contributed by atoms with Gasteiger partial charge in [-0.05, 0) is 53.4 Å². The Morgan fingerprint density at radius 3 is 2.75 bits per heavy atom. The topological polar surface area (TPSA) is 59.8 Å². The number of aryl methyl sites for hydroxylation is 1. The Bertz CT molecular complexity index is 784. The lowest BCUT2D eigenvalue weighted by molar-refractivity contribution is -0.142. The van der Waals surface area contributed by atoms with Gasteiger partial charge in [0.2, 0.25) is 5.91 Å². The van der Waals surface area contributed by atoms with Crippen LogP contribution in [0, 0.1) is 6.92 Å². The van der Waals surface area contributed by atoms with E-state index in [9.17, 15) is 18.0 Å². The molecular formula is C15H14BrF3N4O. The minimum atomic E-state index is -4.57. The highest BCUT2D eigenvalue weighted by Gasteiger charge is 2.41. The lowest BCUT2D eigenvalue weighted by atomic mass is 10.2. The molecule has 2 heterocycles. The van der Waals surface area contributed by atoms with Gasteiger partial charge in [-0.3, -0.25) is 9.48 Å². The number of hydrogen-bond acceptors (Lipinski definition) is 3. The summed E-state index contributed by atoms with van der Waals surface area (Å²) in [5.74, 6) is -0.109. The predicted molar refractivity (Wildman–Crippen MR) is 84.5 cm³/mol. The molecule has 0 atom stereocenters. The van der Waals surface area contributed by atoms with E-state index < -0.39 is 17.8 Å². The molecule has 2 aromatic rings. The number of anilines is 1. The molecule has 24 heavy (non-hydrogen) atoms. The van der Waals surface area contributed by atoms with Gasteiger partial charge in [-0.2, -0.15) is 18.3 Å². The molecule has 0 spiro atoms. The summed E-state index contributed by atoms with van der Waals surface area (Å²) in [6.07, 6.45) is -1.43. The van der Waals surface area contributed by atoms with Crippen LogP contribution in [0.3, 0.4) is 0 Å². The first-order valence-electron chi connectivity index (χ1n) is 7.31. The molecular weight excluding hydrogens is 389 g/mol. The van der Waals surface area contributed by atoms with Crippen LogP contribution >= 0.6 is 15.9 Å². The number of rotatable bonds is 4. The molecule has 1 aliphatic rings. The average Bonchev–Trinajstić information content (AvgIpc) is 3.23. The summed E-state index contributed by atoms with van der Waals surface area (Å²) >= 11 is 3.00. The van der Waals surface area contributed by atoms with Gasteiger partial charge in [-0.25, -0.2) is 4.98 Å². The van der Waals surface area contributed by atoms with E-state index in [4.69, 9.17) is 0 Å². The summed E-state index contributed by atoms with van der Waals surface area (Å²) in [5, 5.41) is 6.18. The standard InChI is InChI=1S/C15H14BrF3N4O/c1-8-4-5-20-10(6-8)21-11(24)7-23-13(9-2-3-9)12(16)14(22-23)15(17,18)19/h4-6,9H,2-3,7H2,1H3,(H,20,21,24). The minimum absolute atomic E-state index is 0.00729. The summed E-state index contributed by atoms with van der Waals surface area (Å²) in [6.45, 7) is 1.55. The van der Waals surface area contributed by atoms with Gasteiger partial charge in [0.1, 0.15) is 12.4 Å². The quantitative estimate of drug-likeness (QED) is 0.843. The molecule has 5 nitrogen and oxygen atoms in total. The molecule has 1 amide bonds. The van der Waals surface area contributed by atoms with E-state index in [-0.39, 0.29) is 16.9 Å². The first-order valence-corrected chi connectivity index (χ1v) is 8.11. The largest absolute Gasteiger partial charge is 0.436 e. The van der Waals surface area contributed by atoms with E-state index >= 15 is 0 Å². The maximum absolute atomic E-state index is 13.0. The van der Waals surface area contributed by atoms with Gasteiger partial charge in [0.05, 0.1) is 10.2 Å². The number of carbonyl (C=O) groups is 1. The van der Waals surface area contributed by atoms with Crippen molar-refractivity contribution in [1.29, 1.82) is 0 Å². The van der Waals surface area contributed by atoms with Crippen molar-refractivity contribution in [3.05, 3.63) is 39.8 Å². The summed E-state index contributed by atoms with van der Waals surface area (Å²) in [7, 11) is 0. The zero-order valence-corrected chi connectivity index (χ0v) is 14.3. The Hall–Kier alpha value is -1.90. The monoisotopic (exact) mass is 402 g/mol. The van der Waals surface area contributed by atoms with Crippen LogP contribution in [0.1, 0.15) is 35.7 Å². The van der Waals surface area contributed by atoms with Gasteiger partial charge in [-0.1, -0.05) is 0 Å². The second-order valence-electron chi connectivity index (χ2n) is 5.74. The third-order valence-corrected chi connectivity index (χ3v) is 4.42. The first kappa shape index (κ1) is 16.9. The van der Waals surface area contributed by atoms with Crippen LogP contribution in [-0.2, 0) is 17.5 Å². The van der Waals surface area contributed by atoms with Crippen molar-refractivity contribution in [1.82, 2.24) is 14.8 Å². The highest BCUT2D eigenvalue weighted by Crippen LogP contribution is 2.46. The molecule has 3 rings (SSSR count). The van der Waals surface area contributed by atoms with Crippen LogP contribution in [0.4, 0.5) is 19.0 Å². The number of alkyl halides is 3. The number of nitrogens with one attached hydrogen (secondary N) is 1. The third kappa shape index (κ3) is 3.61. The highest BCUT2D eigenvalue weighted by molar-refractivity contribution is 9.10. The molecule has 1 saturated carbocycles. The van der Waals surface area contributed by atoms with Crippen LogP contribution < -0.4 is 5.32 Å². The Balaban J connectivity index is 1.83. The zero-order chi connectivity index (χ0) is 17.5. The van der Waals surface area contributed by atoms with Crippen LogP contribution in [0.2, 0.25) is 0 Å². The van der Waals surface area contributed by atoms with E-state index in [0.29, 0.717) is 11.5 Å². The molecule has 2 aromatic heterocycles. The molecule has 0 unspecified atom stereocenters. The van der Waals surface area contributed by atoms with Crippen molar-refractivity contribution in [3.8, 4) is 0 Å². The Labute approximate surface area is 144 Å². The van der Waals surface area contributed by atoms with E-state index in [1.807, 2.05) is 6.92 Å². The van der Waals surface area contributed by atoms with Crippen LogP contribution in [0.15, 0.2) is 22.8 Å².